The van der Waals surface area contributed by atoms with Crippen LogP contribution in [0.2, 0.25) is 0 Å². The molecule has 2 aromatic heterocycles. The summed E-state index contributed by atoms with van der Waals surface area (Å²) in [6.07, 6.45) is 0. The molecule has 0 saturated carbocycles. The Balaban J connectivity index is 2.12. The average molecular weight is 276 g/mol. The number of halogens is 1. The van der Waals surface area contributed by atoms with Crippen LogP contribution in [0.25, 0.3) is 11.0 Å². The van der Waals surface area contributed by atoms with Gasteiger partial charge in [-0.15, -0.1) is 11.3 Å². The molecule has 0 aliphatic rings. The van der Waals surface area contributed by atoms with Gasteiger partial charge in [0.05, 0.1) is 0 Å². The highest BCUT2D eigenvalue weighted by molar-refractivity contribution is 7.10. The number of hydrogen-bond acceptors (Lipinski definition) is 4. The van der Waals surface area contributed by atoms with E-state index in [1.165, 1.54) is 6.07 Å². The summed E-state index contributed by atoms with van der Waals surface area (Å²) >= 11 is 1.59. The van der Waals surface area contributed by atoms with E-state index in [1.807, 2.05) is 30.5 Å². The number of nitrogens with two attached hydrogens (primary N) is 1. The van der Waals surface area contributed by atoms with Crippen molar-refractivity contribution in [3.63, 3.8) is 0 Å². The smallest absolute Gasteiger partial charge is 0.169 e. The molecule has 1 atom stereocenters. The molecule has 1 unspecified atom stereocenters. The van der Waals surface area contributed by atoms with Crippen molar-refractivity contribution < 1.29 is 8.81 Å². The first kappa shape index (κ1) is 12.3. The first-order valence-electron chi connectivity index (χ1n) is 5.89. The van der Waals surface area contributed by atoms with Crippen LogP contribution in [0.4, 0.5) is 4.39 Å². The number of thiophene rings is 1. The fraction of sp³-hybridized carbons (Fsp3) is 0.143. The molecule has 0 bridgehead atoms. The van der Waals surface area contributed by atoms with Crippen molar-refractivity contribution in [2.45, 2.75) is 13.0 Å². The second kappa shape index (κ2) is 4.77. The molecule has 1 aromatic carbocycles. The normalized spacial score (nSPS) is 13.0. The lowest BCUT2D eigenvalue weighted by Crippen LogP contribution is -2.28. The van der Waals surface area contributed by atoms with Gasteiger partial charge in [-0.1, -0.05) is 12.1 Å². The lowest BCUT2D eigenvalue weighted by molar-refractivity contribution is 0.467. The van der Waals surface area contributed by atoms with Gasteiger partial charge in [0.1, 0.15) is 11.8 Å². The van der Waals surface area contributed by atoms with Crippen LogP contribution in [-0.2, 0) is 0 Å². The summed E-state index contributed by atoms with van der Waals surface area (Å²) in [6.45, 7) is 2.01. The molecule has 3 aromatic rings. The number of nitrogens with one attached hydrogen (secondary N) is 1. The van der Waals surface area contributed by atoms with Crippen molar-refractivity contribution in [2.75, 3.05) is 0 Å². The maximum Gasteiger partial charge on any atom is 0.169 e. The predicted octanol–water partition coefficient (Wildman–Crippen LogP) is 3.49. The van der Waals surface area contributed by atoms with Gasteiger partial charge in [-0.25, -0.2) is 9.82 Å². The van der Waals surface area contributed by atoms with Crippen molar-refractivity contribution in [2.24, 2.45) is 5.84 Å². The summed E-state index contributed by atoms with van der Waals surface area (Å²) in [4.78, 5) is 1.07. The monoisotopic (exact) mass is 276 g/mol. The Morgan fingerprint density at radius 3 is 2.84 bits per heavy atom. The van der Waals surface area contributed by atoms with E-state index in [0.717, 1.165) is 15.8 Å². The highest BCUT2D eigenvalue weighted by Crippen LogP contribution is 2.32. The standard InChI is InChI=1S/C14H13FN2OS/c1-8-5-6-19-14(8)12(17-16)11-7-9-3-2-4-10(15)13(9)18-11/h2-7,12,17H,16H2,1H3. The number of rotatable bonds is 3. The van der Waals surface area contributed by atoms with E-state index >= 15 is 0 Å². The number of fused-ring (bicyclic) bond motifs is 1. The molecule has 0 fully saturated rings. The van der Waals surface area contributed by atoms with Crippen LogP contribution < -0.4 is 11.3 Å². The summed E-state index contributed by atoms with van der Waals surface area (Å²) < 4.78 is 19.3. The van der Waals surface area contributed by atoms with E-state index in [4.69, 9.17) is 10.3 Å². The molecule has 3 rings (SSSR count). The first-order chi connectivity index (χ1) is 9.20. The van der Waals surface area contributed by atoms with E-state index in [-0.39, 0.29) is 17.4 Å². The van der Waals surface area contributed by atoms with Crippen molar-refractivity contribution in [3.8, 4) is 0 Å². The topological polar surface area (TPSA) is 51.2 Å². The van der Waals surface area contributed by atoms with E-state index in [1.54, 1.807) is 17.4 Å². The van der Waals surface area contributed by atoms with Gasteiger partial charge in [-0.3, -0.25) is 5.84 Å². The SMILES string of the molecule is Cc1ccsc1C(NN)c1cc2cccc(F)c2o1. The van der Waals surface area contributed by atoms with Gasteiger partial charge in [0, 0.05) is 10.3 Å². The summed E-state index contributed by atoms with van der Waals surface area (Å²) in [5.41, 5.74) is 4.14. The fourth-order valence-corrected chi connectivity index (χ4v) is 3.15. The zero-order valence-electron chi connectivity index (χ0n) is 10.3. The van der Waals surface area contributed by atoms with Gasteiger partial charge < -0.3 is 4.42 Å². The zero-order valence-corrected chi connectivity index (χ0v) is 11.1. The second-order valence-corrected chi connectivity index (χ2v) is 5.32. The third-order valence-corrected chi connectivity index (χ3v) is 4.21. The highest BCUT2D eigenvalue weighted by atomic mass is 32.1. The van der Waals surface area contributed by atoms with Crippen LogP contribution in [0.1, 0.15) is 22.2 Å². The summed E-state index contributed by atoms with van der Waals surface area (Å²) in [5, 5.41) is 2.74. The number of furan rings is 1. The van der Waals surface area contributed by atoms with Crippen LogP contribution in [0.15, 0.2) is 40.1 Å². The number of para-hydroxylation sites is 1. The van der Waals surface area contributed by atoms with Crippen LogP contribution in [0, 0.1) is 12.7 Å². The second-order valence-electron chi connectivity index (χ2n) is 4.37. The van der Waals surface area contributed by atoms with E-state index in [9.17, 15) is 4.39 Å². The number of hydrazine groups is 1. The minimum atomic E-state index is -0.359. The van der Waals surface area contributed by atoms with Crippen LogP contribution in [0.5, 0.6) is 0 Å². The first-order valence-corrected chi connectivity index (χ1v) is 6.76. The van der Waals surface area contributed by atoms with Crippen LogP contribution in [-0.4, -0.2) is 0 Å². The zero-order chi connectivity index (χ0) is 13.4. The van der Waals surface area contributed by atoms with E-state index in [2.05, 4.69) is 5.43 Å². The molecule has 0 radical (unpaired) electrons. The van der Waals surface area contributed by atoms with Crippen molar-refractivity contribution in [3.05, 3.63) is 57.7 Å². The van der Waals surface area contributed by atoms with Crippen LogP contribution in [0.3, 0.4) is 0 Å². The molecule has 19 heavy (non-hydrogen) atoms. The van der Waals surface area contributed by atoms with E-state index < -0.39 is 0 Å². The third kappa shape index (κ3) is 2.06. The highest BCUT2D eigenvalue weighted by Gasteiger charge is 2.21. The lowest BCUT2D eigenvalue weighted by atomic mass is 10.1. The maximum absolute atomic E-state index is 13.6. The molecule has 3 N–H and O–H groups in total. The number of benzene rings is 1. The predicted molar refractivity (Wildman–Crippen MR) is 74.4 cm³/mol. The molecule has 0 aliphatic carbocycles. The van der Waals surface area contributed by atoms with Crippen molar-refractivity contribution in [1.82, 2.24) is 5.43 Å². The maximum atomic E-state index is 13.6. The summed E-state index contributed by atoms with van der Waals surface area (Å²) in [6, 6.07) is 8.46. The molecule has 5 heteroatoms. The van der Waals surface area contributed by atoms with Crippen LogP contribution >= 0.6 is 11.3 Å². The molecule has 0 aliphatic heterocycles. The molecule has 0 amide bonds. The van der Waals surface area contributed by atoms with Gasteiger partial charge in [0.15, 0.2) is 11.4 Å². The minimum absolute atomic E-state index is 0.258. The largest absolute Gasteiger partial charge is 0.456 e. The summed E-state index contributed by atoms with van der Waals surface area (Å²) in [5.74, 6) is 5.89. The quantitative estimate of drug-likeness (QED) is 0.568. The molecule has 3 nitrogen and oxygen atoms in total. The molecule has 98 valence electrons. The van der Waals surface area contributed by atoms with E-state index in [0.29, 0.717) is 5.76 Å². The molecule has 2 heterocycles. The Morgan fingerprint density at radius 2 is 2.21 bits per heavy atom. The average Bonchev–Trinajstić information content (AvgIpc) is 2.99. The van der Waals surface area contributed by atoms with Gasteiger partial charge in [-0.05, 0) is 36.1 Å². The summed E-state index contributed by atoms with van der Waals surface area (Å²) in [7, 11) is 0. The molecule has 0 saturated heterocycles. The Bertz CT molecular complexity index is 719. The Labute approximate surface area is 113 Å². The van der Waals surface area contributed by atoms with Gasteiger partial charge >= 0.3 is 0 Å². The Kier molecular flexibility index (Phi) is 3.10. The van der Waals surface area contributed by atoms with Gasteiger partial charge in [0.2, 0.25) is 0 Å². The van der Waals surface area contributed by atoms with Gasteiger partial charge in [-0.2, -0.15) is 0 Å². The Hall–Kier alpha value is -1.69. The molecular formula is C14H13FN2OS. The van der Waals surface area contributed by atoms with Crippen molar-refractivity contribution >= 4 is 22.3 Å². The Morgan fingerprint density at radius 1 is 1.37 bits per heavy atom. The van der Waals surface area contributed by atoms with Gasteiger partial charge in [0.25, 0.3) is 0 Å². The third-order valence-electron chi connectivity index (χ3n) is 3.13. The lowest BCUT2D eigenvalue weighted by Gasteiger charge is -2.12. The van der Waals surface area contributed by atoms with Crippen molar-refractivity contribution in [1.29, 1.82) is 0 Å². The minimum Gasteiger partial charge on any atom is -0.456 e. The number of aryl methyl sites for hydroxylation is 1. The fourth-order valence-electron chi connectivity index (χ4n) is 2.16. The molecule has 0 spiro atoms. The number of hydrogen-bond donors (Lipinski definition) is 2. The molecular weight excluding hydrogens is 263 g/mol.